The number of carbonyl (C=O) groups is 1. The lowest BCUT2D eigenvalue weighted by Gasteiger charge is -2.46. The first-order chi connectivity index (χ1) is 12.8. The normalized spacial score (nSPS) is 29.7. The fraction of sp³-hybridized carbons (Fsp3) is 0.952. The fourth-order valence-electron chi connectivity index (χ4n) is 4.68. The number of carbonyl (C=O) groups excluding carboxylic acids is 1. The Morgan fingerprint density at radius 1 is 1.04 bits per heavy atom. The summed E-state index contributed by atoms with van der Waals surface area (Å²) >= 11 is 0. The van der Waals surface area contributed by atoms with E-state index in [1.54, 1.807) is 0 Å². The van der Waals surface area contributed by atoms with Crippen LogP contribution in [-0.2, 0) is 4.74 Å². The van der Waals surface area contributed by atoms with Crippen molar-refractivity contribution in [3.63, 3.8) is 0 Å². The first-order valence-electron chi connectivity index (χ1n) is 11.0. The highest BCUT2D eigenvalue weighted by Crippen LogP contribution is 2.24. The molecule has 0 spiro atoms. The third-order valence-electron chi connectivity index (χ3n) is 6.39. The zero-order valence-corrected chi connectivity index (χ0v) is 17.9. The van der Waals surface area contributed by atoms with E-state index in [1.807, 2.05) is 25.7 Å². The Balaban J connectivity index is 1.50. The number of rotatable bonds is 3. The highest BCUT2D eigenvalue weighted by molar-refractivity contribution is 5.68. The molecule has 2 unspecified atom stereocenters. The molecule has 0 aromatic carbocycles. The number of hydrogen-bond acceptors (Lipinski definition) is 5. The van der Waals surface area contributed by atoms with Crippen molar-refractivity contribution in [2.24, 2.45) is 11.8 Å². The molecule has 0 aliphatic carbocycles. The molecule has 27 heavy (non-hydrogen) atoms. The highest BCUT2D eigenvalue weighted by atomic mass is 16.6. The van der Waals surface area contributed by atoms with E-state index in [4.69, 9.17) is 4.74 Å². The largest absolute Gasteiger partial charge is 0.444 e. The molecular weight excluding hydrogens is 340 g/mol. The molecule has 3 rings (SSSR count). The summed E-state index contributed by atoms with van der Waals surface area (Å²) in [4.78, 5) is 19.5. The highest BCUT2D eigenvalue weighted by Gasteiger charge is 2.35. The summed E-state index contributed by atoms with van der Waals surface area (Å²) in [6.07, 6.45) is 3.81. The van der Waals surface area contributed by atoms with E-state index in [-0.39, 0.29) is 6.09 Å². The van der Waals surface area contributed by atoms with Crippen molar-refractivity contribution in [2.75, 3.05) is 58.9 Å². The van der Waals surface area contributed by atoms with Crippen molar-refractivity contribution in [3.8, 4) is 0 Å². The van der Waals surface area contributed by atoms with Gasteiger partial charge in [-0.1, -0.05) is 6.92 Å². The Bertz CT molecular complexity index is 477. The molecule has 2 atom stereocenters. The lowest BCUT2D eigenvalue weighted by atomic mass is 9.89. The van der Waals surface area contributed by atoms with Gasteiger partial charge in [0.2, 0.25) is 0 Å². The Morgan fingerprint density at radius 2 is 1.70 bits per heavy atom. The Kier molecular flexibility index (Phi) is 7.03. The smallest absolute Gasteiger partial charge is 0.410 e. The van der Waals surface area contributed by atoms with E-state index >= 15 is 0 Å². The van der Waals surface area contributed by atoms with Crippen LogP contribution in [-0.4, -0.2) is 91.3 Å². The predicted molar refractivity (Wildman–Crippen MR) is 109 cm³/mol. The van der Waals surface area contributed by atoms with E-state index < -0.39 is 5.60 Å². The summed E-state index contributed by atoms with van der Waals surface area (Å²) in [5, 5.41) is 3.61. The molecule has 0 aromatic rings. The Hall–Kier alpha value is -0.850. The van der Waals surface area contributed by atoms with Gasteiger partial charge in [0.1, 0.15) is 5.60 Å². The predicted octanol–water partition coefficient (Wildman–Crippen LogP) is 2.25. The number of nitrogens with zero attached hydrogens (tertiary/aromatic N) is 3. The number of hydrogen-bond donors (Lipinski definition) is 1. The summed E-state index contributed by atoms with van der Waals surface area (Å²) < 4.78 is 5.54. The van der Waals surface area contributed by atoms with Crippen molar-refractivity contribution in [2.45, 2.75) is 58.6 Å². The third-order valence-corrected chi connectivity index (χ3v) is 6.39. The van der Waals surface area contributed by atoms with Gasteiger partial charge in [-0.2, -0.15) is 0 Å². The molecule has 1 amide bonds. The Labute approximate surface area is 165 Å². The monoisotopic (exact) mass is 380 g/mol. The molecular formula is C21H40N4O2. The topological polar surface area (TPSA) is 48.0 Å². The second-order valence-electron chi connectivity index (χ2n) is 9.81. The van der Waals surface area contributed by atoms with Crippen LogP contribution in [0.5, 0.6) is 0 Å². The van der Waals surface area contributed by atoms with Crippen molar-refractivity contribution in [1.29, 1.82) is 0 Å². The van der Waals surface area contributed by atoms with Gasteiger partial charge in [0, 0.05) is 45.3 Å². The van der Waals surface area contributed by atoms with Gasteiger partial charge in [-0.3, -0.25) is 4.90 Å². The quantitative estimate of drug-likeness (QED) is 0.814. The minimum absolute atomic E-state index is 0.164. The number of piperazine rings is 1. The molecule has 0 saturated carbocycles. The zero-order chi connectivity index (χ0) is 19.4. The van der Waals surface area contributed by atoms with Crippen molar-refractivity contribution < 1.29 is 9.53 Å². The summed E-state index contributed by atoms with van der Waals surface area (Å²) in [5.74, 6) is 1.64. The molecule has 3 saturated heterocycles. The first-order valence-corrected chi connectivity index (χ1v) is 11.0. The van der Waals surface area contributed by atoms with Gasteiger partial charge in [0.25, 0.3) is 0 Å². The molecule has 3 fully saturated rings. The van der Waals surface area contributed by atoms with Crippen LogP contribution < -0.4 is 5.32 Å². The molecule has 6 nitrogen and oxygen atoms in total. The van der Waals surface area contributed by atoms with Gasteiger partial charge in [-0.15, -0.1) is 0 Å². The van der Waals surface area contributed by atoms with E-state index in [1.165, 1.54) is 38.9 Å². The molecule has 0 bridgehead atoms. The van der Waals surface area contributed by atoms with Crippen LogP contribution in [0.3, 0.4) is 0 Å². The van der Waals surface area contributed by atoms with Crippen LogP contribution in [0.15, 0.2) is 0 Å². The molecule has 156 valence electrons. The van der Waals surface area contributed by atoms with E-state index in [2.05, 4.69) is 22.0 Å². The summed E-state index contributed by atoms with van der Waals surface area (Å²) in [5.41, 5.74) is -0.418. The number of ether oxygens (including phenoxy) is 1. The van der Waals surface area contributed by atoms with Crippen LogP contribution in [0.1, 0.15) is 47.0 Å². The maximum atomic E-state index is 12.3. The average molecular weight is 381 g/mol. The van der Waals surface area contributed by atoms with Crippen molar-refractivity contribution in [1.82, 2.24) is 20.0 Å². The van der Waals surface area contributed by atoms with E-state index in [0.717, 1.165) is 51.1 Å². The maximum absolute atomic E-state index is 12.3. The SMILES string of the molecule is CC1CCN(CC2CCNCC2N2CCN(C(=O)OC(C)(C)C)CC2)CC1. The van der Waals surface area contributed by atoms with Gasteiger partial charge in [0.05, 0.1) is 0 Å². The standard InChI is InChI=1S/C21H40N4O2/c1-17-6-9-23(10-7-17)16-18-5-8-22-15-19(18)24-11-13-25(14-12-24)20(26)27-21(2,3)4/h17-19,22H,5-16H2,1-4H3. The lowest BCUT2D eigenvalue weighted by molar-refractivity contribution is 0.00137. The van der Waals surface area contributed by atoms with Crippen molar-refractivity contribution >= 4 is 6.09 Å². The lowest BCUT2D eigenvalue weighted by Crippen LogP contribution is -2.60. The number of piperidine rings is 2. The summed E-state index contributed by atoms with van der Waals surface area (Å²) in [7, 11) is 0. The second-order valence-corrected chi connectivity index (χ2v) is 9.81. The minimum atomic E-state index is -0.418. The minimum Gasteiger partial charge on any atom is -0.444 e. The van der Waals surface area contributed by atoms with Gasteiger partial charge in [-0.05, 0) is 71.5 Å². The maximum Gasteiger partial charge on any atom is 0.410 e. The van der Waals surface area contributed by atoms with Crippen LogP contribution >= 0.6 is 0 Å². The number of nitrogens with one attached hydrogen (secondary N) is 1. The van der Waals surface area contributed by atoms with Gasteiger partial charge < -0.3 is 19.9 Å². The fourth-order valence-corrected chi connectivity index (χ4v) is 4.68. The van der Waals surface area contributed by atoms with Crippen LogP contribution in [0.4, 0.5) is 4.79 Å². The second kappa shape index (κ2) is 9.10. The number of amides is 1. The molecule has 1 N–H and O–H groups in total. The van der Waals surface area contributed by atoms with E-state index in [9.17, 15) is 4.79 Å². The average Bonchev–Trinajstić information content (AvgIpc) is 2.63. The van der Waals surface area contributed by atoms with Crippen LogP contribution in [0, 0.1) is 11.8 Å². The molecule has 0 aromatic heterocycles. The molecule has 6 heteroatoms. The van der Waals surface area contributed by atoms with E-state index in [0.29, 0.717) is 6.04 Å². The summed E-state index contributed by atoms with van der Waals surface area (Å²) in [6.45, 7) is 17.7. The van der Waals surface area contributed by atoms with Crippen LogP contribution in [0.2, 0.25) is 0 Å². The van der Waals surface area contributed by atoms with Gasteiger partial charge in [0.15, 0.2) is 0 Å². The van der Waals surface area contributed by atoms with Gasteiger partial charge in [-0.25, -0.2) is 4.79 Å². The molecule has 3 heterocycles. The molecule has 3 aliphatic rings. The molecule has 3 aliphatic heterocycles. The van der Waals surface area contributed by atoms with Crippen LogP contribution in [0.25, 0.3) is 0 Å². The van der Waals surface area contributed by atoms with Crippen molar-refractivity contribution in [3.05, 3.63) is 0 Å². The first kappa shape index (κ1) is 20.9. The summed E-state index contributed by atoms with van der Waals surface area (Å²) in [6, 6.07) is 0.596. The van der Waals surface area contributed by atoms with Gasteiger partial charge >= 0.3 is 6.09 Å². The zero-order valence-electron chi connectivity index (χ0n) is 17.9. The Morgan fingerprint density at radius 3 is 2.33 bits per heavy atom. The molecule has 0 radical (unpaired) electrons. The number of likely N-dealkylation sites (tertiary alicyclic amines) is 1. The third kappa shape index (κ3) is 6.06.